The van der Waals surface area contributed by atoms with Crippen LogP contribution in [-0.4, -0.2) is 9.98 Å². The first-order valence-electron chi connectivity index (χ1n) is 5.42. The second-order valence-corrected chi connectivity index (χ2v) is 4.74. The molecule has 0 fully saturated rings. The lowest BCUT2D eigenvalue weighted by molar-refractivity contribution is 0.628. The van der Waals surface area contributed by atoms with Crippen LogP contribution in [0.1, 0.15) is 11.1 Å². The lowest BCUT2D eigenvalue weighted by Crippen LogP contribution is -2.27. The van der Waals surface area contributed by atoms with E-state index >= 15 is 0 Å². The van der Waals surface area contributed by atoms with Gasteiger partial charge in [-0.25, -0.2) is 4.39 Å². The summed E-state index contributed by atoms with van der Waals surface area (Å²) < 4.78 is 12.9. The molecule has 3 rings (SSSR count). The summed E-state index contributed by atoms with van der Waals surface area (Å²) in [6.07, 6.45) is 0. The minimum atomic E-state index is -0.271. The number of benzene rings is 2. The normalized spacial score (nSPS) is 13.9. The summed E-state index contributed by atoms with van der Waals surface area (Å²) in [6.45, 7) is 0. The molecule has 0 radical (unpaired) electrons. The Morgan fingerprint density at radius 3 is 1.78 bits per heavy atom. The zero-order valence-electron chi connectivity index (χ0n) is 9.26. The summed E-state index contributed by atoms with van der Waals surface area (Å²) in [5.41, 5.74) is 2.71. The van der Waals surface area contributed by atoms with Gasteiger partial charge in [0.05, 0.1) is 0 Å². The van der Waals surface area contributed by atoms with Crippen molar-refractivity contribution in [1.82, 2.24) is 0 Å². The van der Waals surface area contributed by atoms with Crippen LogP contribution < -0.4 is 4.90 Å². The molecule has 88 valence electrons. The van der Waals surface area contributed by atoms with Crippen LogP contribution in [0, 0.1) is 5.82 Å². The molecular weight excluding hydrogens is 265 g/mol. The van der Waals surface area contributed by atoms with Gasteiger partial charge in [0.1, 0.15) is 15.8 Å². The maximum Gasteiger partial charge on any atom is 0.123 e. The van der Waals surface area contributed by atoms with Crippen molar-refractivity contribution in [3.05, 3.63) is 65.5 Å². The lowest BCUT2D eigenvalue weighted by atomic mass is 10.1. The molecule has 4 heteroatoms. The second kappa shape index (κ2) is 4.23. The summed E-state index contributed by atoms with van der Waals surface area (Å²) in [6, 6.07) is 13.9. The van der Waals surface area contributed by atoms with E-state index in [9.17, 15) is 4.39 Å². The zero-order chi connectivity index (χ0) is 12.7. The summed E-state index contributed by atoms with van der Waals surface area (Å²) in [5.74, 6) is -0.271. The number of hydrogen-bond acceptors (Lipinski definition) is 2. The van der Waals surface area contributed by atoms with Crippen LogP contribution in [0.15, 0.2) is 48.5 Å². The number of rotatable bonds is 1. The Kier molecular flexibility index (Phi) is 2.69. The van der Waals surface area contributed by atoms with Gasteiger partial charge in [0, 0.05) is 16.8 Å². The maximum atomic E-state index is 12.9. The van der Waals surface area contributed by atoms with Crippen molar-refractivity contribution in [2.75, 3.05) is 4.90 Å². The fraction of sp³-hybridized carbons (Fsp3) is 0. The monoisotopic (exact) mass is 273 g/mol. The van der Waals surface area contributed by atoms with Gasteiger partial charge in [-0.3, -0.25) is 4.90 Å². The van der Waals surface area contributed by atoms with Crippen molar-refractivity contribution in [3.63, 3.8) is 0 Å². The molecule has 0 unspecified atom stereocenters. The molecule has 1 nitrogen and oxygen atoms in total. The third-order valence-electron chi connectivity index (χ3n) is 2.88. The average Bonchev–Trinajstić information content (AvgIpc) is 2.64. The Morgan fingerprint density at radius 2 is 1.28 bits per heavy atom. The largest absolute Gasteiger partial charge is 0.291 e. The molecule has 18 heavy (non-hydrogen) atoms. The Bertz CT molecular complexity index is 614. The van der Waals surface area contributed by atoms with Gasteiger partial charge in [0.15, 0.2) is 0 Å². The molecule has 2 aromatic carbocycles. The van der Waals surface area contributed by atoms with E-state index in [1.165, 1.54) is 12.1 Å². The number of fused-ring (bicyclic) bond motifs is 1. The molecule has 1 heterocycles. The highest BCUT2D eigenvalue weighted by Crippen LogP contribution is 2.29. The van der Waals surface area contributed by atoms with Crippen molar-refractivity contribution >= 4 is 40.1 Å². The molecule has 0 bridgehead atoms. The first-order valence-corrected chi connectivity index (χ1v) is 6.23. The van der Waals surface area contributed by atoms with Crippen molar-refractivity contribution < 1.29 is 4.39 Å². The van der Waals surface area contributed by atoms with Gasteiger partial charge >= 0.3 is 0 Å². The highest BCUT2D eigenvalue weighted by Gasteiger charge is 2.29. The summed E-state index contributed by atoms with van der Waals surface area (Å²) in [7, 11) is 0. The molecule has 0 saturated heterocycles. The first-order chi connectivity index (χ1) is 8.68. The number of nitrogens with zero attached hydrogens (tertiary/aromatic N) is 1. The van der Waals surface area contributed by atoms with Crippen LogP contribution in [0.3, 0.4) is 0 Å². The van der Waals surface area contributed by atoms with E-state index in [1.807, 2.05) is 24.3 Å². The smallest absolute Gasteiger partial charge is 0.123 e. The lowest BCUT2D eigenvalue weighted by Gasteiger charge is -2.18. The SMILES string of the molecule is Fc1ccc(N2C(=S)c3ccccc3C2=S)cc1. The van der Waals surface area contributed by atoms with Gasteiger partial charge in [-0.15, -0.1) is 0 Å². The van der Waals surface area contributed by atoms with Gasteiger partial charge < -0.3 is 0 Å². The van der Waals surface area contributed by atoms with E-state index in [-0.39, 0.29) is 5.82 Å². The highest BCUT2D eigenvalue weighted by molar-refractivity contribution is 7.83. The van der Waals surface area contributed by atoms with Crippen LogP contribution in [0.5, 0.6) is 0 Å². The molecule has 1 aliphatic rings. The molecule has 0 N–H and O–H groups in total. The Labute approximate surface area is 115 Å². The summed E-state index contributed by atoms with van der Waals surface area (Å²) in [5, 5.41) is 0. The number of thiocarbonyl (C=S) groups is 2. The van der Waals surface area contributed by atoms with Crippen molar-refractivity contribution in [1.29, 1.82) is 0 Å². The molecule has 1 aliphatic heterocycles. The second-order valence-electron chi connectivity index (χ2n) is 3.97. The summed E-state index contributed by atoms with van der Waals surface area (Å²) in [4.78, 5) is 3.14. The fourth-order valence-corrected chi connectivity index (χ4v) is 2.82. The molecular formula is C14H8FNS2. The predicted molar refractivity (Wildman–Crippen MR) is 78.7 cm³/mol. The number of halogens is 1. The van der Waals surface area contributed by atoms with Crippen LogP contribution in [-0.2, 0) is 0 Å². The van der Waals surface area contributed by atoms with Crippen LogP contribution in [0.2, 0.25) is 0 Å². The summed E-state index contributed by atoms with van der Waals surface area (Å²) >= 11 is 10.9. The molecule has 2 aromatic rings. The van der Waals surface area contributed by atoms with E-state index in [0.717, 1.165) is 16.8 Å². The van der Waals surface area contributed by atoms with E-state index < -0.39 is 0 Å². The molecule has 0 saturated carbocycles. The van der Waals surface area contributed by atoms with Crippen molar-refractivity contribution in [2.45, 2.75) is 0 Å². The van der Waals surface area contributed by atoms with Gasteiger partial charge in [0.25, 0.3) is 0 Å². The van der Waals surface area contributed by atoms with E-state index in [2.05, 4.69) is 0 Å². The van der Waals surface area contributed by atoms with Crippen LogP contribution >= 0.6 is 24.4 Å². The van der Waals surface area contributed by atoms with Gasteiger partial charge in [0.2, 0.25) is 0 Å². The molecule has 0 spiro atoms. The minimum absolute atomic E-state index is 0.271. The van der Waals surface area contributed by atoms with Crippen LogP contribution in [0.4, 0.5) is 10.1 Å². The van der Waals surface area contributed by atoms with E-state index in [4.69, 9.17) is 24.4 Å². The first kappa shape index (κ1) is 11.4. The zero-order valence-corrected chi connectivity index (χ0v) is 10.9. The van der Waals surface area contributed by atoms with Gasteiger partial charge in [-0.2, -0.15) is 0 Å². The third kappa shape index (κ3) is 1.65. The van der Waals surface area contributed by atoms with E-state index in [1.54, 1.807) is 17.0 Å². The van der Waals surface area contributed by atoms with Gasteiger partial charge in [-0.1, -0.05) is 48.7 Å². The topological polar surface area (TPSA) is 3.24 Å². The number of anilines is 1. The maximum absolute atomic E-state index is 12.9. The highest BCUT2D eigenvalue weighted by atomic mass is 32.1. The van der Waals surface area contributed by atoms with Gasteiger partial charge in [-0.05, 0) is 24.3 Å². The predicted octanol–water partition coefficient (Wildman–Crippen LogP) is 3.70. The Balaban J connectivity index is 2.09. The fourth-order valence-electron chi connectivity index (χ4n) is 2.01. The quantitative estimate of drug-likeness (QED) is 0.729. The molecule has 0 aliphatic carbocycles. The van der Waals surface area contributed by atoms with Crippen molar-refractivity contribution in [3.8, 4) is 0 Å². The minimum Gasteiger partial charge on any atom is -0.291 e. The Hall–Kier alpha value is -1.65. The average molecular weight is 273 g/mol. The Morgan fingerprint density at radius 1 is 0.778 bits per heavy atom. The molecule has 0 amide bonds. The third-order valence-corrected chi connectivity index (χ3v) is 3.68. The standard InChI is InChI=1S/C14H8FNS2/c15-9-5-7-10(8-6-9)16-13(17)11-3-1-2-4-12(11)14(16)18/h1-8H. The molecule has 0 atom stereocenters. The van der Waals surface area contributed by atoms with Crippen molar-refractivity contribution in [2.24, 2.45) is 0 Å². The molecule has 0 aromatic heterocycles. The van der Waals surface area contributed by atoms with E-state index in [0.29, 0.717) is 9.98 Å². The van der Waals surface area contributed by atoms with Crippen LogP contribution in [0.25, 0.3) is 0 Å². The number of hydrogen-bond donors (Lipinski definition) is 0.